The van der Waals surface area contributed by atoms with Gasteiger partial charge in [0, 0.05) is 21.8 Å². The van der Waals surface area contributed by atoms with Gasteiger partial charge in [-0.1, -0.05) is 31.5 Å². The summed E-state index contributed by atoms with van der Waals surface area (Å²) in [6.45, 7) is 4.15. The molecule has 3 saturated carbocycles. The van der Waals surface area contributed by atoms with Crippen molar-refractivity contribution in [3.63, 3.8) is 0 Å². The Kier molecular flexibility index (Phi) is 7.96. The third-order valence-electron chi connectivity index (χ3n) is 10.0. The lowest BCUT2D eigenvalue weighted by Crippen LogP contribution is -2.64. The second-order valence-corrected chi connectivity index (χ2v) is 14.1. The van der Waals surface area contributed by atoms with Crippen LogP contribution in [0.15, 0.2) is 53.0 Å². The van der Waals surface area contributed by atoms with Crippen LogP contribution in [0, 0.1) is 28.6 Å². The molecule has 0 saturated heterocycles. The Morgan fingerprint density at radius 1 is 1.19 bits per heavy atom. The van der Waals surface area contributed by atoms with Gasteiger partial charge in [-0.05, 0) is 86.4 Å². The summed E-state index contributed by atoms with van der Waals surface area (Å²) >= 11 is 5.85. The van der Waals surface area contributed by atoms with Crippen LogP contribution in [0.5, 0.6) is 0 Å². The minimum absolute atomic E-state index is 0.00945. The maximum Gasteiger partial charge on any atom is 0.509 e. The molecule has 1 unspecified atom stereocenters. The summed E-state index contributed by atoms with van der Waals surface area (Å²) in [7, 11) is -4.37. The number of halogens is 2. The van der Waals surface area contributed by atoms with Crippen molar-refractivity contribution < 1.29 is 46.0 Å². The van der Waals surface area contributed by atoms with Crippen LogP contribution in [0.25, 0.3) is 0 Å². The molecule has 3 fully saturated rings. The van der Waals surface area contributed by atoms with Crippen molar-refractivity contribution in [1.29, 1.82) is 0 Å². The molecule has 228 valence electrons. The fourth-order valence-electron chi connectivity index (χ4n) is 8.21. The Balaban J connectivity index is 1.49. The Morgan fingerprint density at radius 3 is 2.55 bits per heavy atom. The van der Waals surface area contributed by atoms with Crippen molar-refractivity contribution in [2.24, 2.45) is 28.6 Å². The van der Waals surface area contributed by atoms with Crippen LogP contribution in [0.4, 0.5) is 9.18 Å². The Hall–Kier alpha value is -2.60. The van der Waals surface area contributed by atoms with E-state index in [1.165, 1.54) is 36.4 Å². The molecule has 0 spiro atoms. The van der Waals surface area contributed by atoms with Gasteiger partial charge in [0.2, 0.25) is 5.78 Å². The molecule has 42 heavy (non-hydrogen) atoms. The van der Waals surface area contributed by atoms with Gasteiger partial charge in [0.15, 0.2) is 11.4 Å². The highest BCUT2D eigenvalue weighted by Crippen LogP contribution is 2.68. The van der Waals surface area contributed by atoms with Gasteiger partial charge in [0.25, 0.3) is 10.1 Å². The Labute approximate surface area is 249 Å². The highest BCUT2D eigenvalue weighted by molar-refractivity contribution is 7.86. The van der Waals surface area contributed by atoms with E-state index < -0.39 is 69.2 Å². The van der Waals surface area contributed by atoms with Gasteiger partial charge >= 0.3 is 6.16 Å². The molecule has 1 N–H and O–H groups in total. The van der Waals surface area contributed by atoms with Gasteiger partial charge in [0.1, 0.15) is 12.8 Å². The minimum Gasteiger partial charge on any atom is -0.435 e. The number of allylic oxidation sites excluding steroid dienone is 4. The molecular formula is C30H34ClFO9S. The number of carbonyl (C=O) groups is 3. The van der Waals surface area contributed by atoms with Crippen molar-refractivity contribution in [2.75, 3.05) is 13.2 Å². The normalized spacial score (nSPS) is 37.2. The van der Waals surface area contributed by atoms with E-state index in [1.807, 2.05) is 6.92 Å². The van der Waals surface area contributed by atoms with Crippen LogP contribution in [-0.4, -0.2) is 62.3 Å². The fraction of sp³-hybridized carbons (Fsp3) is 0.567. The van der Waals surface area contributed by atoms with Crippen molar-refractivity contribution in [3.05, 3.63) is 53.1 Å². The molecule has 0 aliphatic heterocycles. The van der Waals surface area contributed by atoms with Crippen LogP contribution < -0.4 is 0 Å². The first-order valence-corrected chi connectivity index (χ1v) is 15.8. The van der Waals surface area contributed by atoms with E-state index in [9.17, 15) is 27.9 Å². The quantitative estimate of drug-likeness (QED) is 0.337. The van der Waals surface area contributed by atoms with Gasteiger partial charge in [-0.25, -0.2) is 9.18 Å². The summed E-state index contributed by atoms with van der Waals surface area (Å²) in [5, 5.41) is 12.0. The fourth-order valence-corrected chi connectivity index (χ4v) is 9.21. The molecule has 0 bridgehead atoms. The number of benzene rings is 1. The van der Waals surface area contributed by atoms with E-state index in [0.717, 1.165) is 0 Å². The number of hydrogen-bond acceptors (Lipinski definition) is 9. The molecule has 0 heterocycles. The number of ether oxygens (including phenoxy) is 2. The molecule has 1 aromatic carbocycles. The lowest BCUT2D eigenvalue weighted by atomic mass is 9.46. The van der Waals surface area contributed by atoms with Gasteiger partial charge in [-0.15, -0.1) is 0 Å². The summed E-state index contributed by atoms with van der Waals surface area (Å²) in [5.41, 5.74) is -3.67. The Bertz CT molecular complexity index is 1460. The second-order valence-electron chi connectivity index (χ2n) is 12.1. The average molecular weight is 625 g/mol. The van der Waals surface area contributed by atoms with E-state index >= 15 is 4.39 Å². The number of hydrogen-bond donors (Lipinski definition) is 1. The molecule has 9 nitrogen and oxygen atoms in total. The molecule has 4 aliphatic rings. The van der Waals surface area contributed by atoms with Crippen LogP contribution in [0.1, 0.15) is 46.5 Å². The average Bonchev–Trinajstić information content (AvgIpc) is 3.20. The smallest absolute Gasteiger partial charge is 0.435 e. The molecule has 4 aliphatic carbocycles. The minimum atomic E-state index is -4.37. The van der Waals surface area contributed by atoms with Crippen molar-refractivity contribution in [1.82, 2.24) is 0 Å². The van der Waals surface area contributed by atoms with Crippen LogP contribution in [-0.2, 0) is 33.4 Å². The lowest BCUT2D eigenvalue weighted by molar-refractivity contribution is -0.185. The molecule has 5 rings (SSSR count). The summed E-state index contributed by atoms with van der Waals surface area (Å²) in [4.78, 5) is 38.6. The number of Topliss-reactive ketones (excluding diaryl/α,β-unsaturated/α-hetero) is 1. The van der Waals surface area contributed by atoms with E-state index in [0.29, 0.717) is 17.0 Å². The summed E-state index contributed by atoms with van der Waals surface area (Å²) in [6, 6.07) is 5.22. The number of carbonyl (C=O) groups excluding carboxylic acids is 3. The first-order chi connectivity index (χ1) is 19.7. The van der Waals surface area contributed by atoms with E-state index in [-0.39, 0.29) is 42.5 Å². The molecular weight excluding hydrogens is 591 g/mol. The molecule has 8 atom stereocenters. The zero-order chi connectivity index (χ0) is 30.7. The van der Waals surface area contributed by atoms with Crippen LogP contribution >= 0.6 is 11.6 Å². The van der Waals surface area contributed by atoms with Gasteiger partial charge < -0.3 is 14.6 Å². The van der Waals surface area contributed by atoms with Crippen LogP contribution in [0.2, 0.25) is 5.02 Å². The number of rotatable bonds is 7. The van der Waals surface area contributed by atoms with Gasteiger partial charge in [0.05, 0.1) is 17.6 Å². The monoisotopic (exact) mass is 624 g/mol. The molecule has 1 aromatic rings. The predicted molar refractivity (Wildman–Crippen MR) is 149 cm³/mol. The van der Waals surface area contributed by atoms with Crippen molar-refractivity contribution >= 4 is 39.4 Å². The van der Waals surface area contributed by atoms with E-state index in [1.54, 1.807) is 19.9 Å². The highest BCUT2D eigenvalue weighted by Gasteiger charge is 2.71. The van der Waals surface area contributed by atoms with E-state index in [4.69, 9.17) is 25.3 Å². The zero-order valence-electron chi connectivity index (χ0n) is 23.5. The first kappa shape index (κ1) is 30.8. The Morgan fingerprint density at radius 2 is 1.88 bits per heavy atom. The number of aliphatic hydroxyl groups excluding tert-OH is 1. The number of ketones is 2. The number of alkyl halides is 1. The summed E-state index contributed by atoms with van der Waals surface area (Å²) in [6.07, 6.45) is 1.16. The van der Waals surface area contributed by atoms with Crippen molar-refractivity contribution in [3.8, 4) is 0 Å². The molecule has 12 heteroatoms. The molecule has 0 amide bonds. The second kappa shape index (κ2) is 10.8. The molecule has 0 radical (unpaired) electrons. The highest BCUT2D eigenvalue weighted by atomic mass is 35.5. The topological polar surface area (TPSA) is 133 Å². The van der Waals surface area contributed by atoms with Crippen LogP contribution in [0.3, 0.4) is 0 Å². The third-order valence-corrected chi connectivity index (χ3v) is 11.5. The maximum absolute atomic E-state index is 15.7. The van der Waals surface area contributed by atoms with Gasteiger partial charge in [-0.3, -0.25) is 13.8 Å². The summed E-state index contributed by atoms with van der Waals surface area (Å²) in [5.74, 6) is -2.35. The van der Waals surface area contributed by atoms with Crippen molar-refractivity contribution in [2.45, 2.75) is 69.2 Å². The van der Waals surface area contributed by atoms with Gasteiger partial charge in [-0.2, -0.15) is 8.42 Å². The lowest BCUT2D eigenvalue weighted by Gasteiger charge is -2.60. The maximum atomic E-state index is 15.7. The zero-order valence-corrected chi connectivity index (χ0v) is 25.1. The third kappa shape index (κ3) is 4.82. The number of fused-ring (bicyclic) bond motifs is 5. The predicted octanol–water partition coefficient (Wildman–Crippen LogP) is 4.75. The number of aliphatic hydroxyl groups is 1. The standard InChI is InChI=1S/C30H34ClFO9S/c1-4-39-27(36)41-30(25(35)16-40-42(37,38)19-7-5-17(31)6-8-19)12-10-21-20-14-23(32)22-13-18(33)9-11-28(22,2)26(20)24(34)15-29(21,30)3/h5-9,11,13,20-21,23-24,26,34H,4,10,12,14-16H2,1-3H3/t20-,21-,23-,24?,26+,28-,29-,30-/m0/s1. The largest absolute Gasteiger partial charge is 0.509 e. The summed E-state index contributed by atoms with van der Waals surface area (Å²) < 4.78 is 57.4. The first-order valence-electron chi connectivity index (χ1n) is 14.0. The SMILES string of the molecule is CCOC(=O)O[C@]1(C(=O)COS(=O)(=O)c2ccc(Cl)cc2)CC[C@H]2[C@@H]3C[C@H](F)C4=CC(=O)C=C[C@]4(C)[C@H]3C(O)C[C@@]21C. The molecule has 0 aromatic heterocycles. The van der Waals surface area contributed by atoms with E-state index in [2.05, 4.69) is 0 Å².